The normalized spacial score (nSPS) is 25.3. The Hall–Kier alpha value is -1.43. The summed E-state index contributed by atoms with van der Waals surface area (Å²) in [6, 6.07) is 0. The highest BCUT2D eigenvalue weighted by Gasteiger charge is 2.33. The monoisotopic (exact) mass is 321 g/mol. The molecule has 3 rings (SSSR count). The number of nitrogens with zero attached hydrogens (tertiary/aromatic N) is 3. The van der Waals surface area contributed by atoms with E-state index in [2.05, 4.69) is 10.1 Å². The van der Waals surface area contributed by atoms with Crippen LogP contribution in [0.3, 0.4) is 0 Å². The average Bonchev–Trinajstić information content (AvgIpc) is 3.22. The van der Waals surface area contributed by atoms with Crippen LogP contribution in [0.4, 0.5) is 0 Å². The zero-order valence-electron chi connectivity index (χ0n) is 14.4. The molecule has 6 heteroatoms. The van der Waals surface area contributed by atoms with Crippen molar-refractivity contribution in [1.82, 2.24) is 15.0 Å². The Bertz CT molecular complexity index is 544. The number of hydrogen-bond acceptors (Lipinski definition) is 5. The van der Waals surface area contributed by atoms with Gasteiger partial charge in [-0.05, 0) is 24.7 Å². The van der Waals surface area contributed by atoms with E-state index in [1.807, 2.05) is 25.7 Å². The van der Waals surface area contributed by atoms with Gasteiger partial charge in [0.2, 0.25) is 11.8 Å². The highest BCUT2D eigenvalue weighted by Crippen LogP contribution is 2.30. The lowest BCUT2D eigenvalue weighted by atomic mass is 9.91. The van der Waals surface area contributed by atoms with E-state index in [-0.39, 0.29) is 11.3 Å². The molecule has 2 aliphatic heterocycles. The summed E-state index contributed by atoms with van der Waals surface area (Å²) < 4.78 is 10.7. The lowest BCUT2D eigenvalue weighted by Gasteiger charge is -2.18. The van der Waals surface area contributed by atoms with Crippen LogP contribution in [-0.4, -0.2) is 47.3 Å². The third-order valence-corrected chi connectivity index (χ3v) is 4.90. The Labute approximate surface area is 137 Å². The first-order valence-electron chi connectivity index (χ1n) is 8.62. The highest BCUT2D eigenvalue weighted by molar-refractivity contribution is 5.76. The van der Waals surface area contributed by atoms with Gasteiger partial charge >= 0.3 is 0 Å². The number of aromatic nitrogens is 2. The number of rotatable bonds is 4. The molecule has 0 spiro atoms. The van der Waals surface area contributed by atoms with E-state index in [1.54, 1.807) is 0 Å². The van der Waals surface area contributed by atoms with Crippen LogP contribution in [0.25, 0.3) is 0 Å². The molecule has 0 aliphatic carbocycles. The Balaban J connectivity index is 1.47. The fourth-order valence-corrected chi connectivity index (χ4v) is 3.36. The number of likely N-dealkylation sites (tertiary alicyclic amines) is 1. The standard InChI is InChI=1S/C17H27N3O3/c1-17(2,3)16-18-14(23-19-16)4-5-15(21)20-8-6-12(10-20)13-7-9-22-11-13/h12-13H,4-11H2,1-3H3. The van der Waals surface area contributed by atoms with Gasteiger partial charge in [0, 0.05) is 44.6 Å². The Morgan fingerprint density at radius 1 is 1.30 bits per heavy atom. The minimum Gasteiger partial charge on any atom is -0.381 e. The quantitative estimate of drug-likeness (QED) is 0.850. The summed E-state index contributed by atoms with van der Waals surface area (Å²) in [5.74, 6) is 2.70. The summed E-state index contributed by atoms with van der Waals surface area (Å²) in [6.07, 6.45) is 3.22. The second kappa shape index (κ2) is 6.59. The molecule has 0 saturated carbocycles. The molecule has 2 aliphatic rings. The van der Waals surface area contributed by atoms with Gasteiger partial charge in [-0.1, -0.05) is 25.9 Å². The third kappa shape index (κ3) is 3.91. The second-order valence-electron chi connectivity index (χ2n) is 7.77. The largest absolute Gasteiger partial charge is 0.381 e. The third-order valence-electron chi connectivity index (χ3n) is 4.90. The van der Waals surface area contributed by atoms with Crippen LogP contribution in [0.1, 0.15) is 51.7 Å². The van der Waals surface area contributed by atoms with Crippen LogP contribution in [-0.2, 0) is 21.4 Å². The first kappa shape index (κ1) is 16.4. The number of ether oxygens (including phenoxy) is 1. The molecule has 2 unspecified atom stereocenters. The SMILES string of the molecule is CC(C)(C)c1noc(CCC(=O)N2CCC(C3CCOC3)C2)n1. The fourth-order valence-electron chi connectivity index (χ4n) is 3.36. The molecule has 2 atom stereocenters. The van der Waals surface area contributed by atoms with Gasteiger partial charge in [-0.3, -0.25) is 4.79 Å². The summed E-state index contributed by atoms with van der Waals surface area (Å²) in [7, 11) is 0. The van der Waals surface area contributed by atoms with E-state index in [0.717, 1.165) is 39.1 Å². The maximum atomic E-state index is 12.4. The molecule has 3 heterocycles. The van der Waals surface area contributed by atoms with Gasteiger partial charge in [0.1, 0.15) is 0 Å². The molecule has 128 valence electrons. The van der Waals surface area contributed by atoms with E-state index in [1.165, 1.54) is 0 Å². The fraction of sp³-hybridized carbons (Fsp3) is 0.824. The van der Waals surface area contributed by atoms with Crippen LogP contribution < -0.4 is 0 Å². The smallest absolute Gasteiger partial charge is 0.227 e. The molecule has 1 aromatic rings. The summed E-state index contributed by atoms with van der Waals surface area (Å²) >= 11 is 0. The predicted molar refractivity (Wildman–Crippen MR) is 84.9 cm³/mol. The van der Waals surface area contributed by atoms with E-state index in [9.17, 15) is 4.79 Å². The summed E-state index contributed by atoms with van der Waals surface area (Å²) in [4.78, 5) is 18.8. The van der Waals surface area contributed by atoms with Gasteiger partial charge in [-0.25, -0.2) is 0 Å². The van der Waals surface area contributed by atoms with E-state index in [0.29, 0.717) is 36.4 Å². The lowest BCUT2D eigenvalue weighted by molar-refractivity contribution is -0.130. The number of carbonyl (C=O) groups excluding carboxylic acids is 1. The molecule has 1 amide bonds. The van der Waals surface area contributed by atoms with Gasteiger partial charge in [0.15, 0.2) is 5.82 Å². The maximum Gasteiger partial charge on any atom is 0.227 e. The van der Waals surface area contributed by atoms with Gasteiger partial charge in [-0.15, -0.1) is 0 Å². The Morgan fingerprint density at radius 3 is 2.78 bits per heavy atom. The van der Waals surface area contributed by atoms with Crippen LogP contribution in [0.15, 0.2) is 4.52 Å². The molecular weight excluding hydrogens is 294 g/mol. The van der Waals surface area contributed by atoms with E-state index < -0.39 is 0 Å². The molecule has 0 aromatic carbocycles. The molecule has 2 fully saturated rings. The molecule has 23 heavy (non-hydrogen) atoms. The zero-order chi connectivity index (χ0) is 16.4. The van der Waals surface area contributed by atoms with Crippen molar-refractivity contribution in [3.8, 4) is 0 Å². The van der Waals surface area contributed by atoms with Gasteiger partial charge in [0.05, 0.1) is 0 Å². The average molecular weight is 321 g/mol. The minimum atomic E-state index is -0.128. The Kier molecular flexibility index (Phi) is 4.71. The topological polar surface area (TPSA) is 68.5 Å². The molecule has 0 N–H and O–H groups in total. The molecule has 0 radical (unpaired) electrons. The van der Waals surface area contributed by atoms with Crippen LogP contribution in [0, 0.1) is 11.8 Å². The molecular formula is C17H27N3O3. The molecule has 6 nitrogen and oxygen atoms in total. The minimum absolute atomic E-state index is 0.128. The first-order valence-corrected chi connectivity index (χ1v) is 8.62. The van der Waals surface area contributed by atoms with Crippen molar-refractivity contribution >= 4 is 5.91 Å². The Morgan fingerprint density at radius 2 is 2.13 bits per heavy atom. The van der Waals surface area contributed by atoms with Crippen molar-refractivity contribution in [2.75, 3.05) is 26.3 Å². The second-order valence-corrected chi connectivity index (χ2v) is 7.77. The van der Waals surface area contributed by atoms with Crippen molar-refractivity contribution in [1.29, 1.82) is 0 Å². The van der Waals surface area contributed by atoms with Crippen LogP contribution in [0.2, 0.25) is 0 Å². The summed E-state index contributed by atoms with van der Waals surface area (Å²) in [5.41, 5.74) is -0.128. The number of carbonyl (C=O) groups is 1. The van der Waals surface area contributed by atoms with Crippen molar-refractivity contribution in [3.63, 3.8) is 0 Å². The van der Waals surface area contributed by atoms with Crippen molar-refractivity contribution in [2.24, 2.45) is 11.8 Å². The van der Waals surface area contributed by atoms with Crippen molar-refractivity contribution in [3.05, 3.63) is 11.7 Å². The number of hydrogen-bond donors (Lipinski definition) is 0. The van der Waals surface area contributed by atoms with Gasteiger partial charge in [0.25, 0.3) is 0 Å². The number of aryl methyl sites for hydroxylation is 1. The van der Waals surface area contributed by atoms with Gasteiger partial charge < -0.3 is 14.2 Å². The number of amides is 1. The molecule has 2 saturated heterocycles. The van der Waals surface area contributed by atoms with E-state index in [4.69, 9.17) is 9.26 Å². The lowest BCUT2D eigenvalue weighted by Crippen LogP contribution is -2.30. The van der Waals surface area contributed by atoms with Crippen LogP contribution >= 0.6 is 0 Å². The van der Waals surface area contributed by atoms with Crippen LogP contribution in [0.5, 0.6) is 0 Å². The maximum absolute atomic E-state index is 12.4. The molecule has 1 aromatic heterocycles. The van der Waals surface area contributed by atoms with Gasteiger partial charge in [-0.2, -0.15) is 4.98 Å². The highest BCUT2D eigenvalue weighted by atomic mass is 16.5. The summed E-state index contributed by atoms with van der Waals surface area (Å²) in [6.45, 7) is 9.63. The van der Waals surface area contributed by atoms with Crippen molar-refractivity contribution in [2.45, 2.75) is 51.9 Å². The van der Waals surface area contributed by atoms with E-state index >= 15 is 0 Å². The predicted octanol–water partition coefficient (Wildman–Crippen LogP) is 2.18. The first-order chi connectivity index (χ1) is 10.9. The zero-order valence-corrected chi connectivity index (χ0v) is 14.4. The molecule has 0 bridgehead atoms. The van der Waals surface area contributed by atoms with Crippen molar-refractivity contribution < 1.29 is 14.1 Å². The summed E-state index contributed by atoms with van der Waals surface area (Å²) in [5, 5.41) is 4.00.